The standard InChI is InChI=1S/C17H12ClFN4/c1-10-4-2-5-11(18)15(10)21-17-14-8-20-9-23(14)13-7-3-6-12(19)16(13)22-17/h2-9H,1H3,(H,21,22). The molecule has 0 radical (unpaired) electrons. The summed E-state index contributed by atoms with van der Waals surface area (Å²) in [4.78, 5) is 8.60. The van der Waals surface area contributed by atoms with Crippen molar-refractivity contribution in [2.75, 3.05) is 5.32 Å². The number of anilines is 2. The average Bonchev–Trinajstić information content (AvgIpc) is 3.02. The van der Waals surface area contributed by atoms with Crippen LogP contribution in [0.1, 0.15) is 5.56 Å². The van der Waals surface area contributed by atoms with Gasteiger partial charge in [-0.1, -0.05) is 29.8 Å². The Hall–Kier alpha value is -2.66. The third kappa shape index (κ3) is 2.21. The van der Waals surface area contributed by atoms with Crippen LogP contribution >= 0.6 is 11.6 Å². The van der Waals surface area contributed by atoms with Crippen LogP contribution in [0.3, 0.4) is 0 Å². The lowest BCUT2D eigenvalue weighted by molar-refractivity contribution is 0.636. The number of nitrogens with one attached hydrogen (secondary N) is 1. The first-order chi connectivity index (χ1) is 11.1. The Morgan fingerprint density at radius 2 is 1.96 bits per heavy atom. The van der Waals surface area contributed by atoms with Gasteiger partial charge in [-0.2, -0.15) is 0 Å². The maximum Gasteiger partial charge on any atom is 0.157 e. The number of nitrogens with zero attached hydrogens (tertiary/aromatic N) is 3. The van der Waals surface area contributed by atoms with Crippen LogP contribution < -0.4 is 5.32 Å². The third-order valence-corrected chi connectivity index (χ3v) is 4.11. The van der Waals surface area contributed by atoms with Gasteiger partial charge < -0.3 is 5.32 Å². The molecule has 0 spiro atoms. The first kappa shape index (κ1) is 14.0. The Morgan fingerprint density at radius 3 is 2.78 bits per heavy atom. The Bertz CT molecular complexity index is 1020. The highest BCUT2D eigenvalue weighted by Crippen LogP contribution is 2.31. The summed E-state index contributed by atoms with van der Waals surface area (Å²) in [6.07, 6.45) is 3.33. The fourth-order valence-electron chi connectivity index (χ4n) is 2.64. The first-order valence-corrected chi connectivity index (χ1v) is 7.45. The molecule has 0 saturated heterocycles. The van der Waals surface area contributed by atoms with Gasteiger partial charge in [0.25, 0.3) is 0 Å². The van der Waals surface area contributed by atoms with Crippen LogP contribution in [0.2, 0.25) is 5.02 Å². The Morgan fingerprint density at radius 1 is 1.13 bits per heavy atom. The maximum absolute atomic E-state index is 14.1. The highest BCUT2D eigenvalue weighted by molar-refractivity contribution is 6.33. The van der Waals surface area contributed by atoms with Crippen molar-refractivity contribution in [1.29, 1.82) is 0 Å². The maximum atomic E-state index is 14.1. The Balaban J connectivity index is 1.99. The van der Waals surface area contributed by atoms with Gasteiger partial charge in [0.2, 0.25) is 0 Å². The van der Waals surface area contributed by atoms with Gasteiger partial charge in [0.1, 0.15) is 11.0 Å². The summed E-state index contributed by atoms with van der Waals surface area (Å²) < 4.78 is 16.0. The lowest BCUT2D eigenvalue weighted by Crippen LogP contribution is -2.01. The molecule has 4 aromatic rings. The molecule has 0 amide bonds. The fourth-order valence-corrected chi connectivity index (χ4v) is 2.91. The summed E-state index contributed by atoms with van der Waals surface area (Å²) in [7, 11) is 0. The molecule has 1 N–H and O–H groups in total. The van der Waals surface area contributed by atoms with E-state index in [1.54, 1.807) is 29.1 Å². The molecule has 0 aliphatic carbocycles. The second-order valence-corrected chi connectivity index (χ2v) is 5.68. The molecular weight excluding hydrogens is 315 g/mol. The number of para-hydroxylation sites is 2. The predicted octanol–water partition coefficient (Wildman–Crippen LogP) is 4.73. The van der Waals surface area contributed by atoms with Crippen molar-refractivity contribution in [3.8, 4) is 0 Å². The van der Waals surface area contributed by atoms with Crippen molar-refractivity contribution < 1.29 is 4.39 Å². The number of aromatic nitrogens is 3. The van der Waals surface area contributed by atoms with E-state index in [9.17, 15) is 4.39 Å². The summed E-state index contributed by atoms with van der Waals surface area (Å²) in [5, 5.41) is 3.80. The molecule has 4 rings (SSSR count). The predicted molar refractivity (Wildman–Crippen MR) is 89.9 cm³/mol. The minimum Gasteiger partial charge on any atom is -0.337 e. The van der Waals surface area contributed by atoms with Gasteiger partial charge >= 0.3 is 0 Å². The van der Waals surface area contributed by atoms with Gasteiger partial charge in [-0.15, -0.1) is 0 Å². The SMILES string of the molecule is Cc1cccc(Cl)c1Nc1nc2c(F)cccc2n2cncc12. The van der Waals surface area contributed by atoms with Gasteiger partial charge in [0, 0.05) is 0 Å². The fraction of sp³-hybridized carbons (Fsp3) is 0.0588. The van der Waals surface area contributed by atoms with Crippen LogP contribution in [0.5, 0.6) is 0 Å². The summed E-state index contributed by atoms with van der Waals surface area (Å²) in [6.45, 7) is 1.95. The second kappa shape index (κ2) is 5.21. The average molecular weight is 327 g/mol. The molecule has 2 heterocycles. The van der Waals surface area contributed by atoms with E-state index in [0.29, 0.717) is 16.4 Å². The van der Waals surface area contributed by atoms with Crippen molar-refractivity contribution in [1.82, 2.24) is 14.4 Å². The van der Waals surface area contributed by atoms with E-state index in [0.717, 1.165) is 16.8 Å². The molecule has 2 aromatic carbocycles. The van der Waals surface area contributed by atoms with E-state index in [2.05, 4.69) is 15.3 Å². The van der Waals surface area contributed by atoms with E-state index in [4.69, 9.17) is 11.6 Å². The van der Waals surface area contributed by atoms with Crippen LogP contribution in [-0.4, -0.2) is 14.4 Å². The molecule has 0 saturated carbocycles. The highest BCUT2D eigenvalue weighted by Gasteiger charge is 2.13. The molecule has 0 aliphatic rings. The highest BCUT2D eigenvalue weighted by atomic mass is 35.5. The number of fused-ring (bicyclic) bond motifs is 3. The van der Waals surface area contributed by atoms with E-state index in [1.165, 1.54) is 6.07 Å². The molecule has 0 unspecified atom stereocenters. The smallest absolute Gasteiger partial charge is 0.157 e. The molecular formula is C17H12ClFN4. The molecule has 114 valence electrons. The lowest BCUT2D eigenvalue weighted by Gasteiger charge is -2.13. The lowest BCUT2D eigenvalue weighted by atomic mass is 10.2. The zero-order valence-electron chi connectivity index (χ0n) is 12.2. The van der Waals surface area contributed by atoms with E-state index >= 15 is 0 Å². The summed E-state index contributed by atoms with van der Waals surface area (Å²) in [5.41, 5.74) is 3.43. The van der Waals surface area contributed by atoms with Crippen molar-refractivity contribution in [3.05, 3.63) is 65.3 Å². The largest absolute Gasteiger partial charge is 0.337 e. The quantitative estimate of drug-likeness (QED) is 0.579. The van der Waals surface area contributed by atoms with Crippen molar-refractivity contribution >= 4 is 39.7 Å². The van der Waals surface area contributed by atoms with Gasteiger partial charge in [-0.25, -0.2) is 14.4 Å². The Labute approximate surface area is 136 Å². The molecule has 6 heteroatoms. The molecule has 2 aromatic heterocycles. The van der Waals surface area contributed by atoms with Crippen LogP contribution in [0, 0.1) is 12.7 Å². The van der Waals surface area contributed by atoms with Crippen molar-refractivity contribution in [2.24, 2.45) is 0 Å². The number of halogens is 2. The minimum absolute atomic E-state index is 0.283. The zero-order valence-corrected chi connectivity index (χ0v) is 13.0. The monoisotopic (exact) mass is 326 g/mol. The molecule has 0 fully saturated rings. The van der Waals surface area contributed by atoms with E-state index in [-0.39, 0.29) is 11.3 Å². The van der Waals surface area contributed by atoms with Gasteiger partial charge in [-0.05, 0) is 30.7 Å². The molecule has 23 heavy (non-hydrogen) atoms. The zero-order chi connectivity index (χ0) is 16.0. The first-order valence-electron chi connectivity index (χ1n) is 7.07. The van der Waals surface area contributed by atoms with Crippen molar-refractivity contribution in [3.63, 3.8) is 0 Å². The van der Waals surface area contributed by atoms with Crippen LogP contribution in [-0.2, 0) is 0 Å². The topological polar surface area (TPSA) is 42.2 Å². The third-order valence-electron chi connectivity index (χ3n) is 3.80. The second-order valence-electron chi connectivity index (χ2n) is 5.27. The summed E-state index contributed by atoms with van der Waals surface area (Å²) >= 11 is 6.27. The van der Waals surface area contributed by atoms with Gasteiger partial charge in [0.15, 0.2) is 11.6 Å². The van der Waals surface area contributed by atoms with Crippen LogP contribution in [0.25, 0.3) is 16.6 Å². The number of imidazole rings is 1. The van der Waals surface area contributed by atoms with Crippen LogP contribution in [0.4, 0.5) is 15.9 Å². The van der Waals surface area contributed by atoms with Gasteiger partial charge in [-0.3, -0.25) is 4.40 Å². The summed E-state index contributed by atoms with van der Waals surface area (Å²) in [5.74, 6) is 0.133. The Kier molecular flexibility index (Phi) is 3.16. The van der Waals surface area contributed by atoms with E-state index in [1.807, 2.05) is 25.1 Å². The number of aryl methyl sites for hydroxylation is 1. The summed E-state index contributed by atoms with van der Waals surface area (Å²) in [6, 6.07) is 10.5. The van der Waals surface area contributed by atoms with E-state index < -0.39 is 0 Å². The number of rotatable bonds is 2. The number of benzene rings is 2. The molecule has 0 bridgehead atoms. The van der Waals surface area contributed by atoms with Crippen molar-refractivity contribution in [2.45, 2.75) is 6.92 Å². The number of hydrogen-bond donors (Lipinski definition) is 1. The van der Waals surface area contributed by atoms with Gasteiger partial charge in [0.05, 0.1) is 28.8 Å². The van der Waals surface area contributed by atoms with Crippen LogP contribution in [0.15, 0.2) is 48.9 Å². The normalized spacial score (nSPS) is 11.3. The molecule has 0 aliphatic heterocycles. The number of hydrogen-bond acceptors (Lipinski definition) is 3. The molecule has 4 nitrogen and oxygen atoms in total. The molecule has 0 atom stereocenters. The minimum atomic E-state index is -0.378.